The Balaban J connectivity index is 1.37. The van der Waals surface area contributed by atoms with Crippen LogP contribution >= 0.6 is 11.8 Å². The number of methoxy groups -OCH3 is 1. The lowest BCUT2D eigenvalue weighted by atomic mass is 10.1. The van der Waals surface area contributed by atoms with Crippen LogP contribution in [0.15, 0.2) is 101 Å². The molecular weight excluding hydrogens is 584 g/mol. The molecule has 0 fully saturated rings. The predicted octanol–water partition coefficient (Wildman–Crippen LogP) is 7.50. The van der Waals surface area contributed by atoms with Gasteiger partial charge in [0.15, 0.2) is 0 Å². The number of fused-ring (bicyclic) bond motifs is 1. The van der Waals surface area contributed by atoms with Crippen LogP contribution in [-0.2, 0) is 6.42 Å². The molecule has 0 bridgehead atoms. The molecule has 0 spiro atoms. The first-order valence-electron chi connectivity index (χ1n) is 14.8. The number of hydrogen-bond acceptors (Lipinski definition) is 7. The van der Waals surface area contributed by atoms with Gasteiger partial charge < -0.3 is 26.2 Å². The number of nitrogens with one attached hydrogen (secondary N) is 2. The molecule has 0 atom stereocenters. The van der Waals surface area contributed by atoms with Gasteiger partial charge in [-0.05, 0) is 91.9 Å². The van der Waals surface area contributed by atoms with Gasteiger partial charge in [0, 0.05) is 51.0 Å². The molecule has 8 nitrogen and oxygen atoms in total. The summed E-state index contributed by atoms with van der Waals surface area (Å²) in [5, 5.41) is 16.1. The fraction of sp³-hybridized carbons (Fsp3) is 0.194. The maximum absolute atomic E-state index is 13.1. The van der Waals surface area contributed by atoms with Crippen molar-refractivity contribution >= 4 is 51.5 Å². The molecule has 0 unspecified atom stereocenters. The van der Waals surface area contributed by atoms with Crippen molar-refractivity contribution in [1.29, 1.82) is 0 Å². The van der Waals surface area contributed by atoms with E-state index < -0.39 is 5.91 Å². The summed E-state index contributed by atoms with van der Waals surface area (Å²) in [6, 6.07) is 26.8. The van der Waals surface area contributed by atoms with Crippen LogP contribution in [0.25, 0.3) is 10.9 Å². The van der Waals surface area contributed by atoms with Crippen molar-refractivity contribution in [2.75, 3.05) is 24.4 Å². The first-order valence-corrected chi connectivity index (χ1v) is 15.6. The Morgan fingerprint density at radius 2 is 1.71 bits per heavy atom. The Kier molecular flexibility index (Phi) is 10.3. The average molecular weight is 621 g/mol. The van der Waals surface area contributed by atoms with Crippen molar-refractivity contribution < 1.29 is 19.4 Å². The van der Waals surface area contributed by atoms with Crippen molar-refractivity contribution in [2.24, 2.45) is 5.73 Å². The van der Waals surface area contributed by atoms with Gasteiger partial charge in [-0.2, -0.15) is 0 Å². The van der Waals surface area contributed by atoms with Gasteiger partial charge in [0.25, 0.3) is 11.8 Å². The molecule has 5 aromatic rings. The van der Waals surface area contributed by atoms with Gasteiger partial charge >= 0.3 is 0 Å². The van der Waals surface area contributed by atoms with E-state index in [9.17, 15) is 9.59 Å². The number of carbonyl (C=O) groups excluding carboxylic acids is 2. The zero-order valence-electron chi connectivity index (χ0n) is 25.3. The highest BCUT2D eigenvalue weighted by molar-refractivity contribution is 7.99. The van der Waals surface area contributed by atoms with Crippen molar-refractivity contribution in [1.82, 2.24) is 4.98 Å². The van der Waals surface area contributed by atoms with Gasteiger partial charge in [0.2, 0.25) is 0 Å². The quantitative estimate of drug-likeness (QED) is 0.100. The lowest BCUT2D eigenvalue weighted by molar-refractivity contribution is 0.0998. The fourth-order valence-corrected chi connectivity index (χ4v) is 6.10. The summed E-state index contributed by atoms with van der Waals surface area (Å²) in [6.07, 6.45) is 5.29. The molecule has 0 radical (unpaired) electrons. The van der Waals surface area contributed by atoms with Crippen molar-refractivity contribution in [2.45, 2.75) is 42.4 Å². The first-order chi connectivity index (χ1) is 21.8. The summed E-state index contributed by atoms with van der Waals surface area (Å²) in [4.78, 5) is 31.9. The molecule has 0 aliphatic rings. The lowest BCUT2D eigenvalue weighted by Gasteiger charge is -2.16. The van der Waals surface area contributed by atoms with E-state index in [0.717, 1.165) is 63.3 Å². The first kappa shape index (κ1) is 31.6. The van der Waals surface area contributed by atoms with Crippen LogP contribution in [0.4, 0.5) is 17.1 Å². The van der Waals surface area contributed by atoms with Crippen LogP contribution in [0.1, 0.15) is 51.1 Å². The minimum atomic E-state index is -0.586. The number of carbonyl (C=O) groups is 2. The molecule has 5 rings (SSSR count). The van der Waals surface area contributed by atoms with E-state index in [4.69, 9.17) is 15.6 Å². The molecule has 2 amide bonds. The number of unbranched alkanes of at least 4 members (excludes halogenated alkanes) is 2. The summed E-state index contributed by atoms with van der Waals surface area (Å²) < 4.78 is 5.36. The number of nitrogens with zero attached hydrogens (tertiary/aromatic N) is 1. The second kappa shape index (κ2) is 14.7. The average Bonchev–Trinajstić information content (AvgIpc) is 3.04. The molecule has 0 saturated heterocycles. The summed E-state index contributed by atoms with van der Waals surface area (Å²) >= 11 is 1.52. The summed E-state index contributed by atoms with van der Waals surface area (Å²) in [5.41, 5.74) is 11.5. The molecule has 4 aromatic carbocycles. The largest absolute Gasteiger partial charge is 0.497 e. The summed E-state index contributed by atoms with van der Waals surface area (Å²) in [5.74, 6) is -0.0996. The zero-order valence-corrected chi connectivity index (χ0v) is 26.1. The Hall–Kier alpha value is -4.86. The van der Waals surface area contributed by atoms with Crippen LogP contribution in [0.5, 0.6) is 5.75 Å². The van der Waals surface area contributed by atoms with Crippen LogP contribution in [0, 0.1) is 6.92 Å². The van der Waals surface area contributed by atoms with Crippen molar-refractivity contribution in [3.05, 3.63) is 113 Å². The van der Waals surface area contributed by atoms with Gasteiger partial charge in [0.1, 0.15) is 5.75 Å². The Morgan fingerprint density at radius 1 is 0.911 bits per heavy atom. The second-order valence-corrected chi connectivity index (χ2v) is 11.9. The number of amides is 2. The number of aryl methyl sites for hydroxylation is 2. The highest BCUT2D eigenvalue weighted by Gasteiger charge is 2.17. The molecule has 45 heavy (non-hydrogen) atoms. The number of anilines is 3. The van der Waals surface area contributed by atoms with Gasteiger partial charge in [-0.15, -0.1) is 0 Å². The van der Waals surface area contributed by atoms with Gasteiger partial charge in [-0.25, -0.2) is 0 Å². The monoisotopic (exact) mass is 620 g/mol. The lowest BCUT2D eigenvalue weighted by Crippen LogP contribution is -2.14. The number of primary amides is 1. The van der Waals surface area contributed by atoms with Gasteiger partial charge in [-0.3, -0.25) is 14.6 Å². The highest BCUT2D eigenvalue weighted by Crippen LogP contribution is 2.37. The number of aromatic nitrogens is 1. The molecule has 1 aromatic heterocycles. The Morgan fingerprint density at radius 3 is 2.47 bits per heavy atom. The minimum Gasteiger partial charge on any atom is -0.497 e. The minimum absolute atomic E-state index is 0.192. The number of ether oxygens (including phenoxy) is 1. The molecule has 1 heterocycles. The molecule has 0 saturated carbocycles. The molecule has 9 heteroatoms. The third kappa shape index (κ3) is 8.00. The summed E-state index contributed by atoms with van der Waals surface area (Å²) in [6.45, 7) is 2.20. The smallest absolute Gasteiger partial charge is 0.255 e. The third-order valence-electron chi connectivity index (χ3n) is 7.41. The molecule has 0 aliphatic carbocycles. The maximum atomic E-state index is 13.1. The fourth-order valence-electron chi connectivity index (χ4n) is 5.09. The number of benzene rings is 4. The van der Waals surface area contributed by atoms with Crippen LogP contribution in [0.2, 0.25) is 0 Å². The van der Waals surface area contributed by atoms with E-state index in [1.807, 2.05) is 85.8 Å². The van der Waals surface area contributed by atoms with Crippen molar-refractivity contribution in [3.8, 4) is 5.75 Å². The Bertz CT molecular complexity index is 1820. The molecule has 230 valence electrons. The number of aliphatic hydroxyl groups excluding tert-OH is 1. The van der Waals surface area contributed by atoms with Crippen LogP contribution < -0.4 is 21.1 Å². The highest BCUT2D eigenvalue weighted by atomic mass is 32.2. The Labute approximate surface area is 267 Å². The maximum Gasteiger partial charge on any atom is 0.255 e. The molecular formula is C36H36N4O4S. The number of hydrogen-bond donors (Lipinski definition) is 4. The van der Waals surface area contributed by atoms with E-state index in [1.165, 1.54) is 23.5 Å². The van der Waals surface area contributed by atoms with Crippen molar-refractivity contribution in [3.63, 3.8) is 0 Å². The van der Waals surface area contributed by atoms with E-state index in [-0.39, 0.29) is 18.1 Å². The normalized spacial score (nSPS) is 10.9. The SMILES string of the molecule is COc1cccc(Nc2c(C(N)=O)cnc3c(C)cc(Sc4cccc(C(=O)Nc5ccc(CCCCCO)cc5)c4)cc23)c1. The third-order valence-corrected chi connectivity index (χ3v) is 8.37. The topological polar surface area (TPSA) is 127 Å². The van der Waals surface area contributed by atoms with Crippen LogP contribution in [0.3, 0.4) is 0 Å². The predicted molar refractivity (Wildman–Crippen MR) is 181 cm³/mol. The number of pyridine rings is 1. The van der Waals surface area contributed by atoms with Gasteiger partial charge in [0.05, 0.1) is 23.9 Å². The number of rotatable bonds is 13. The number of aliphatic hydroxyl groups is 1. The van der Waals surface area contributed by atoms with Crippen LogP contribution in [-0.4, -0.2) is 35.6 Å². The van der Waals surface area contributed by atoms with Gasteiger partial charge in [-0.1, -0.05) is 42.4 Å². The summed E-state index contributed by atoms with van der Waals surface area (Å²) in [7, 11) is 1.60. The second-order valence-electron chi connectivity index (χ2n) is 10.7. The molecule has 0 aliphatic heterocycles. The van der Waals surface area contributed by atoms with E-state index in [1.54, 1.807) is 13.2 Å². The van der Waals surface area contributed by atoms with E-state index in [2.05, 4.69) is 15.6 Å². The zero-order chi connectivity index (χ0) is 31.8. The van der Waals surface area contributed by atoms with E-state index >= 15 is 0 Å². The van der Waals surface area contributed by atoms with E-state index in [0.29, 0.717) is 17.0 Å². The molecule has 5 N–H and O–H groups in total. The standard InChI is InChI=1S/C36H36N4O4S/c1-23-18-30(21-31-33(23)38-22-32(35(37)42)34(31)39-27-10-7-11-28(20-27)44-2)45-29-12-6-9-25(19-29)36(43)40-26-15-13-24(14-16-26)8-4-3-5-17-41/h6-7,9-16,18-22,41H,3-5,8,17H2,1-2H3,(H2,37,42)(H,38,39)(H,40,43). The number of nitrogens with two attached hydrogens (primary N) is 1.